The molecule has 1 fully saturated rings. The highest BCUT2D eigenvalue weighted by molar-refractivity contribution is 6.34. The zero-order valence-corrected chi connectivity index (χ0v) is 21.1. The van der Waals surface area contributed by atoms with E-state index >= 15 is 0 Å². The monoisotopic (exact) mass is 491 g/mol. The van der Waals surface area contributed by atoms with Gasteiger partial charge < -0.3 is 19.5 Å². The van der Waals surface area contributed by atoms with Crippen LogP contribution in [-0.2, 0) is 6.42 Å². The number of hydrogen-bond donors (Lipinski definition) is 1. The van der Waals surface area contributed by atoms with E-state index in [0.717, 1.165) is 6.42 Å². The number of halogens is 2. The van der Waals surface area contributed by atoms with Gasteiger partial charge in [0.1, 0.15) is 12.4 Å². The molecule has 0 atom stereocenters. The smallest absolute Gasteiger partial charge is 0.205 e. The number of rotatable bonds is 13. The van der Waals surface area contributed by atoms with E-state index in [1.807, 2.05) is 6.07 Å². The van der Waals surface area contributed by atoms with Crippen LogP contribution in [0.2, 0.25) is 5.02 Å². The standard InChI is InChI=1S/C27H35ClFNO4/c1-18-23(19(2)31)25(34-17-15-30-21-12-5-6-13-21)27(26(32-3)24(18)28)33-16-9-8-11-20-10-4-7-14-22(20)29/h4,7,10,14,21,30H,5-6,8-9,11-13,15-17H2,1-3H3. The highest BCUT2D eigenvalue weighted by Crippen LogP contribution is 2.48. The van der Waals surface area contributed by atoms with Crippen LogP contribution in [0.25, 0.3) is 0 Å². The molecule has 0 spiro atoms. The number of carbonyl (C=O) groups is 1. The summed E-state index contributed by atoms with van der Waals surface area (Å²) in [6.07, 6.45) is 6.97. The van der Waals surface area contributed by atoms with Crippen LogP contribution >= 0.6 is 11.6 Å². The van der Waals surface area contributed by atoms with Crippen LogP contribution < -0.4 is 19.5 Å². The molecule has 2 aromatic carbocycles. The third kappa shape index (κ3) is 6.63. The summed E-state index contributed by atoms with van der Waals surface area (Å²) in [5.41, 5.74) is 1.71. The fourth-order valence-corrected chi connectivity index (χ4v) is 4.74. The van der Waals surface area contributed by atoms with Gasteiger partial charge in [0.15, 0.2) is 17.3 Å². The molecule has 5 nitrogen and oxygen atoms in total. The molecular formula is C27H35ClFNO4. The van der Waals surface area contributed by atoms with Gasteiger partial charge in [-0.15, -0.1) is 0 Å². The van der Waals surface area contributed by atoms with E-state index < -0.39 is 0 Å². The molecule has 1 aliphatic carbocycles. The molecular weight excluding hydrogens is 457 g/mol. The second kappa shape index (κ2) is 13.0. The zero-order chi connectivity index (χ0) is 24.5. The van der Waals surface area contributed by atoms with Gasteiger partial charge in [-0.2, -0.15) is 0 Å². The summed E-state index contributed by atoms with van der Waals surface area (Å²) in [6, 6.07) is 7.32. The predicted molar refractivity (Wildman–Crippen MR) is 133 cm³/mol. The van der Waals surface area contributed by atoms with E-state index in [9.17, 15) is 9.18 Å². The molecule has 1 saturated carbocycles. The Kier molecular flexibility index (Phi) is 10.0. The van der Waals surface area contributed by atoms with Crippen molar-refractivity contribution in [3.8, 4) is 17.2 Å². The van der Waals surface area contributed by atoms with Crippen molar-refractivity contribution >= 4 is 17.4 Å². The maximum Gasteiger partial charge on any atom is 0.205 e. The van der Waals surface area contributed by atoms with Crippen molar-refractivity contribution in [3.63, 3.8) is 0 Å². The summed E-state index contributed by atoms with van der Waals surface area (Å²) in [4.78, 5) is 12.5. The van der Waals surface area contributed by atoms with Gasteiger partial charge in [-0.3, -0.25) is 4.79 Å². The average Bonchev–Trinajstić information content (AvgIpc) is 3.33. The van der Waals surface area contributed by atoms with Gasteiger partial charge in [0.05, 0.1) is 24.3 Å². The minimum absolute atomic E-state index is 0.148. The molecule has 186 valence electrons. The Morgan fingerprint density at radius 1 is 1.09 bits per heavy atom. The van der Waals surface area contributed by atoms with Crippen LogP contribution in [0.1, 0.15) is 66.9 Å². The van der Waals surface area contributed by atoms with E-state index in [1.165, 1.54) is 45.8 Å². The summed E-state index contributed by atoms with van der Waals surface area (Å²) >= 11 is 6.54. The lowest BCUT2D eigenvalue weighted by Gasteiger charge is -2.22. The molecule has 0 saturated heterocycles. The van der Waals surface area contributed by atoms with Crippen molar-refractivity contribution in [1.82, 2.24) is 5.32 Å². The lowest BCUT2D eigenvalue weighted by atomic mass is 10.0. The summed E-state index contributed by atoms with van der Waals surface area (Å²) in [5, 5.41) is 3.85. The lowest BCUT2D eigenvalue weighted by molar-refractivity contribution is 0.101. The summed E-state index contributed by atoms with van der Waals surface area (Å²) in [5.74, 6) is 0.731. The van der Waals surface area contributed by atoms with E-state index in [1.54, 1.807) is 19.1 Å². The van der Waals surface area contributed by atoms with E-state index in [-0.39, 0.29) is 11.6 Å². The van der Waals surface area contributed by atoms with Crippen molar-refractivity contribution in [3.05, 3.63) is 51.8 Å². The van der Waals surface area contributed by atoms with Gasteiger partial charge in [-0.05, 0) is 63.1 Å². The van der Waals surface area contributed by atoms with Gasteiger partial charge in [0.2, 0.25) is 5.75 Å². The second-order valence-corrected chi connectivity index (χ2v) is 9.12. The normalized spacial score (nSPS) is 13.8. The number of nitrogens with one attached hydrogen (secondary N) is 1. The maximum atomic E-state index is 13.8. The molecule has 34 heavy (non-hydrogen) atoms. The summed E-state index contributed by atoms with van der Waals surface area (Å²) in [6.45, 7) is 4.70. The third-order valence-corrected chi connectivity index (χ3v) is 6.74. The molecule has 3 rings (SSSR count). The minimum Gasteiger partial charge on any atom is -0.491 e. The van der Waals surface area contributed by atoms with Gasteiger partial charge in [0.25, 0.3) is 0 Å². The molecule has 2 aromatic rings. The number of unbranched alkanes of at least 4 members (excludes halogenated alkanes) is 1. The fourth-order valence-electron chi connectivity index (χ4n) is 4.48. The number of benzene rings is 2. The molecule has 0 aromatic heterocycles. The van der Waals surface area contributed by atoms with Crippen LogP contribution in [0, 0.1) is 12.7 Å². The summed E-state index contributed by atoms with van der Waals surface area (Å²) < 4.78 is 31.6. The largest absolute Gasteiger partial charge is 0.491 e. The van der Waals surface area contributed by atoms with Crippen LogP contribution in [-0.4, -0.2) is 38.7 Å². The highest BCUT2D eigenvalue weighted by Gasteiger charge is 2.27. The van der Waals surface area contributed by atoms with E-state index in [2.05, 4.69) is 5.32 Å². The molecule has 0 aliphatic heterocycles. The number of ether oxygens (including phenoxy) is 3. The van der Waals surface area contributed by atoms with E-state index in [0.29, 0.717) is 77.6 Å². The molecule has 0 amide bonds. The molecule has 0 radical (unpaired) electrons. The Bertz CT molecular complexity index is 976. The number of methoxy groups -OCH3 is 1. The number of carbonyl (C=O) groups excluding carboxylic acids is 1. The molecule has 0 bridgehead atoms. The third-order valence-electron chi connectivity index (χ3n) is 6.28. The molecule has 1 N–H and O–H groups in total. The first kappa shape index (κ1) is 26.3. The topological polar surface area (TPSA) is 56.8 Å². The number of aryl methyl sites for hydroxylation is 1. The number of ketones is 1. The second-order valence-electron chi connectivity index (χ2n) is 8.74. The van der Waals surface area contributed by atoms with Crippen molar-refractivity contribution in [2.75, 3.05) is 26.9 Å². The van der Waals surface area contributed by atoms with E-state index in [4.69, 9.17) is 25.8 Å². The van der Waals surface area contributed by atoms with Crippen molar-refractivity contribution < 1.29 is 23.4 Å². The molecule has 0 unspecified atom stereocenters. The first-order valence-electron chi connectivity index (χ1n) is 12.1. The Morgan fingerprint density at radius 3 is 2.47 bits per heavy atom. The maximum absolute atomic E-state index is 13.8. The molecule has 7 heteroatoms. The van der Waals surface area contributed by atoms with Crippen LogP contribution in [0.3, 0.4) is 0 Å². The van der Waals surface area contributed by atoms with Gasteiger partial charge in [-0.25, -0.2) is 4.39 Å². The zero-order valence-electron chi connectivity index (χ0n) is 20.3. The van der Waals surface area contributed by atoms with Crippen molar-refractivity contribution in [1.29, 1.82) is 0 Å². The SMILES string of the molecule is COc1c(Cl)c(C)c(C(C)=O)c(OCCNC2CCCC2)c1OCCCCc1ccccc1F. The number of hydrogen-bond acceptors (Lipinski definition) is 5. The van der Waals surface area contributed by atoms with Crippen molar-refractivity contribution in [2.24, 2.45) is 0 Å². The Labute approximate surface area is 206 Å². The van der Waals surface area contributed by atoms with Crippen LogP contribution in [0.15, 0.2) is 24.3 Å². The first-order valence-corrected chi connectivity index (χ1v) is 12.4. The highest BCUT2D eigenvalue weighted by atomic mass is 35.5. The molecule has 0 heterocycles. The predicted octanol–water partition coefficient (Wildman–Crippen LogP) is 6.31. The average molecular weight is 492 g/mol. The summed E-state index contributed by atoms with van der Waals surface area (Å²) in [7, 11) is 1.52. The first-order chi connectivity index (χ1) is 16.4. The molecule has 1 aliphatic rings. The minimum atomic E-state index is -0.191. The van der Waals surface area contributed by atoms with Gasteiger partial charge >= 0.3 is 0 Å². The number of Topliss-reactive ketones (excluding diaryl/α,β-unsaturated/α-hetero) is 1. The quantitative estimate of drug-likeness (QED) is 0.263. The van der Waals surface area contributed by atoms with Crippen LogP contribution in [0.4, 0.5) is 4.39 Å². The Hall–Kier alpha value is -2.31. The van der Waals surface area contributed by atoms with Crippen LogP contribution in [0.5, 0.6) is 17.2 Å². The Balaban J connectivity index is 1.70. The Morgan fingerprint density at radius 2 is 1.79 bits per heavy atom. The van der Waals surface area contributed by atoms with Crippen molar-refractivity contribution in [2.45, 2.75) is 64.8 Å². The lowest BCUT2D eigenvalue weighted by Crippen LogP contribution is -2.30. The van der Waals surface area contributed by atoms with Gasteiger partial charge in [-0.1, -0.05) is 42.6 Å². The van der Waals surface area contributed by atoms with Gasteiger partial charge in [0, 0.05) is 12.6 Å². The fraction of sp³-hybridized carbons (Fsp3) is 0.519.